The lowest BCUT2D eigenvalue weighted by Crippen LogP contribution is -2.37. The summed E-state index contributed by atoms with van der Waals surface area (Å²) in [5.41, 5.74) is 0. The lowest BCUT2D eigenvalue weighted by molar-refractivity contribution is -0.137. The summed E-state index contributed by atoms with van der Waals surface area (Å²) in [6, 6.07) is 5.01. The maximum Gasteiger partial charge on any atom is 0.303 e. The van der Waals surface area contributed by atoms with Crippen molar-refractivity contribution in [3.05, 3.63) is 27.7 Å². The molecule has 0 heterocycles. The van der Waals surface area contributed by atoms with Crippen LogP contribution in [0.25, 0.3) is 0 Å². The first-order chi connectivity index (χ1) is 9.40. The smallest absolute Gasteiger partial charge is 0.303 e. The Morgan fingerprint density at radius 3 is 2.80 bits per heavy atom. The van der Waals surface area contributed by atoms with Gasteiger partial charge in [-0.15, -0.1) is 0 Å². The number of benzene rings is 1. The van der Waals surface area contributed by atoms with Crippen molar-refractivity contribution < 1.29 is 19.4 Å². The van der Waals surface area contributed by atoms with Gasteiger partial charge in [0.1, 0.15) is 5.75 Å². The summed E-state index contributed by atoms with van der Waals surface area (Å²) in [4.78, 5) is 22.1. The molecule has 1 atom stereocenters. The second kappa shape index (κ2) is 8.11. The molecule has 2 N–H and O–H groups in total. The molecule has 0 spiro atoms. The van der Waals surface area contributed by atoms with Crippen LogP contribution in [0.2, 0.25) is 5.02 Å². The van der Waals surface area contributed by atoms with Crippen LogP contribution in [0.1, 0.15) is 19.8 Å². The van der Waals surface area contributed by atoms with Gasteiger partial charge in [0.25, 0.3) is 5.91 Å². The zero-order chi connectivity index (χ0) is 15.1. The Morgan fingerprint density at radius 2 is 2.20 bits per heavy atom. The number of carbonyl (C=O) groups is 2. The van der Waals surface area contributed by atoms with Gasteiger partial charge in [-0.1, -0.05) is 11.6 Å². The highest BCUT2D eigenvalue weighted by Gasteiger charge is 2.15. The summed E-state index contributed by atoms with van der Waals surface area (Å²) in [6.07, 6.45) is -0.270. The van der Waals surface area contributed by atoms with E-state index in [0.717, 1.165) is 0 Å². The second-order valence-electron chi connectivity index (χ2n) is 4.12. The molecule has 0 aliphatic carbocycles. The number of ether oxygens (including phenoxy) is 1. The minimum absolute atomic E-state index is 0.0260. The molecule has 0 aliphatic rings. The van der Waals surface area contributed by atoms with Gasteiger partial charge in [-0.05, 0) is 47.5 Å². The lowest BCUT2D eigenvalue weighted by atomic mass is 10.3. The zero-order valence-electron chi connectivity index (χ0n) is 10.9. The molecule has 20 heavy (non-hydrogen) atoms. The number of carboxylic acid groups (broad SMARTS) is 1. The molecular formula is C13H15BrClNO4. The van der Waals surface area contributed by atoms with E-state index in [-0.39, 0.29) is 12.3 Å². The summed E-state index contributed by atoms with van der Waals surface area (Å²) in [5.74, 6) is -0.659. The van der Waals surface area contributed by atoms with Crippen LogP contribution in [0.15, 0.2) is 22.7 Å². The van der Waals surface area contributed by atoms with Gasteiger partial charge in [0, 0.05) is 18.0 Å². The normalized spacial score (nSPS) is 11.8. The first-order valence-corrected chi connectivity index (χ1v) is 7.18. The third-order valence-electron chi connectivity index (χ3n) is 2.43. The molecule has 5 nitrogen and oxygen atoms in total. The quantitative estimate of drug-likeness (QED) is 0.730. The first kappa shape index (κ1) is 16.8. The minimum Gasteiger partial charge on any atom is -0.481 e. The van der Waals surface area contributed by atoms with Gasteiger partial charge in [0.15, 0.2) is 6.10 Å². The van der Waals surface area contributed by atoms with Gasteiger partial charge in [0.05, 0.1) is 4.47 Å². The summed E-state index contributed by atoms with van der Waals surface area (Å²) in [5, 5.41) is 11.7. The molecular weight excluding hydrogens is 350 g/mol. The van der Waals surface area contributed by atoms with Gasteiger partial charge < -0.3 is 15.2 Å². The van der Waals surface area contributed by atoms with Crippen molar-refractivity contribution in [3.8, 4) is 5.75 Å². The number of carboxylic acids is 1. The number of halogens is 2. The molecule has 1 unspecified atom stereocenters. The maximum atomic E-state index is 11.7. The Labute approximate surface area is 130 Å². The molecule has 0 fully saturated rings. The fourth-order valence-corrected chi connectivity index (χ4v) is 2.19. The van der Waals surface area contributed by atoms with Gasteiger partial charge >= 0.3 is 5.97 Å². The number of rotatable bonds is 7. The van der Waals surface area contributed by atoms with Crippen molar-refractivity contribution in [1.82, 2.24) is 5.32 Å². The molecule has 0 bridgehead atoms. The third-order valence-corrected chi connectivity index (χ3v) is 3.29. The monoisotopic (exact) mass is 363 g/mol. The molecule has 1 aromatic rings. The molecule has 0 saturated heterocycles. The second-order valence-corrected chi connectivity index (χ2v) is 5.41. The van der Waals surface area contributed by atoms with E-state index in [0.29, 0.717) is 28.2 Å². The minimum atomic E-state index is -0.881. The number of carbonyl (C=O) groups excluding carboxylic acids is 1. The summed E-state index contributed by atoms with van der Waals surface area (Å²) >= 11 is 9.11. The number of hydrogen-bond acceptors (Lipinski definition) is 3. The molecule has 1 amide bonds. The van der Waals surface area contributed by atoms with Crippen LogP contribution < -0.4 is 10.1 Å². The van der Waals surface area contributed by atoms with Crippen molar-refractivity contribution in [2.45, 2.75) is 25.9 Å². The van der Waals surface area contributed by atoms with Crippen LogP contribution in [0.4, 0.5) is 0 Å². The molecule has 110 valence electrons. The number of nitrogens with one attached hydrogen (secondary N) is 1. The van der Waals surface area contributed by atoms with Crippen molar-refractivity contribution in [1.29, 1.82) is 0 Å². The van der Waals surface area contributed by atoms with Crippen molar-refractivity contribution >= 4 is 39.4 Å². The van der Waals surface area contributed by atoms with E-state index in [2.05, 4.69) is 21.2 Å². The summed E-state index contributed by atoms with van der Waals surface area (Å²) < 4.78 is 6.17. The fourth-order valence-electron chi connectivity index (χ4n) is 1.41. The predicted molar refractivity (Wildman–Crippen MR) is 79.1 cm³/mol. The molecule has 0 aliphatic heterocycles. The standard InChI is InChI=1S/C13H15BrClNO4/c1-8(13(19)16-6-2-3-12(17)18)20-11-5-4-9(15)7-10(11)14/h4-5,7-8H,2-3,6H2,1H3,(H,16,19)(H,17,18). The van der Waals surface area contributed by atoms with E-state index >= 15 is 0 Å². The molecule has 1 aromatic carbocycles. The molecule has 7 heteroatoms. The average Bonchev–Trinajstić information content (AvgIpc) is 2.37. The molecule has 0 radical (unpaired) electrons. The van der Waals surface area contributed by atoms with Crippen molar-refractivity contribution in [3.63, 3.8) is 0 Å². The molecule has 0 aromatic heterocycles. The average molecular weight is 365 g/mol. The van der Waals surface area contributed by atoms with E-state index in [1.165, 1.54) is 0 Å². The van der Waals surface area contributed by atoms with Crippen LogP contribution >= 0.6 is 27.5 Å². The Hall–Kier alpha value is -1.27. The Morgan fingerprint density at radius 1 is 1.50 bits per heavy atom. The van der Waals surface area contributed by atoms with Crippen LogP contribution in [0, 0.1) is 0 Å². The topological polar surface area (TPSA) is 75.6 Å². The zero-order valence-corrected chi connectivity index (χ0v) is 13.2. The van der Waals surface area contributed by atoms with E-state index in [1.54, 1.807) is 25.1 Å². The SMILES string of the molecule is CC(Oc1ccc(Cl)cc1Br)C(=O)NCCCC(=O)O. The van der Waals surface area contributed by atoms with Gasteiger partial charge in [-0.2, -0.15) is 0 Å². The highest BCUT2D eigenvalue weighted by atomic mass is 79.9. The Balaban J connectivity index is 2.43. The first-order valence-electron chi connectivity index (χ1n) is 6.01. The number of amides is 1. The highest BCUT2D eigenvalue weighted by Crippen LogP contribution is 2.28. The van der Waals surface area contributed by atoms with Crippen molar-refractivity contribution in [2.75, 3.05) is 6.54 Å². The maximum absolute atomic E-state index is 11.7. The lowest BCUT2D eigenvalue weighted by Gasteiger charge is -2.15. The Kier molecular flexibility index (Phi) is 6.81. The highest BCUT2D eigenvalue weighted by molar-refractivity contribution is 9.10. The van der Waals surface area contributed by atoms with Gasteiger partial charge in [-0.3, -0.25) is 9.59 Å². The van der Waals surface area contributed by atoms with E-state index in [1.807, 2.05) is 0 Å². The number of aliphatic carboxylic acids is 1. The largest absolute Gasteiger partial charge is 0.481 e. The number of hydrogen-bond donors (Lipinski definition) is 2. The van der Waals surface area contributed by atoms with Crippen LogP contribution in [0.3, 0.4) is 0 Å². The third kappa shape index (κ3) is 5.79. The summed E-state index contributed by atoms with van der Waals surface area (Å²) in [6.45, 7) is 1.92. The Bertz CT molecular complexity index is 495. The molecule has 1 rings (SSSR count). The van der Waals surface area contributed by atoms with E-state index < -0.39 is 12.1 Å². The van der Waals surface area contributed by atoms with Crippen LogP contribution in [0.5, 0.6) is 5.75 Å². The van der Waals surface area contributed by atoms with Gasteiger partial charge in [0.2, 0.25) is 0 Å². The van der Waals surface area contributed by atoms with Crippen LogP contribution in [-0.4, -0.2) is 29.6 Å². The van der Waals surface area contributed by atoms with Crippen LogP contribution in [-0.2, 0) is 9.59 Å². The molecule has 0 saturated carbocycles. The van der Waals surface area contributed by atoms with E-state index in [4.69, 9.17) is 21.4 Å². The summed E-state index contributed by atoms with van der Waals surface area (Å²) in [7, 11) is 0. The van der Waals surface area contributed by atoms with Gasteiger partial charge in [-0.25, -0.2) is 0 Å². The fraction of sp³-hybridized carbons (Fsp3) is 0.385. The van der Waals surface area contributed by atoms with Crippen molar-refractivity contribution in [2.24, 2.45) is 0 Å². The predicted octanol–water partition coefficient (Wildman–Crippen LogP) is 2.85. The van der Waals surface area contributed by atoms with E-state index in [9.17, 15) is 9.59 Å².